The van der Waals surface area contributed by atoms with Gasteiger partial charge in [0.1, 0.15) is 16.5 Å². The number of aliphatic hydroxyl groups is 1. The second-order valence-electron chi connectivity index (χ2n) is 4.59. The fourth-order valence-electron chi connectivity index (χ4n) is 1.50. The summed E-state index contributed by atoms with van der Waals surface area (Å²) in [6, 6.07) is 1.17. The highest BCUT2D eigenvalue weighted by Gasteiger charge is 2.29. The van der Waals surface area contributed by atoms with E-state index in [2.05, 4.69) is 15.9 Å². The van der Waals surface area contributed by atoms with E-state index in [-0.39, 0.29) is 4.47 Å². The molecule has 21 heavy (non-hydrogen) atoms. The van der Waals surface area contributed by atoms with Crippen molar-refractivity contribution in [3.63, 3.8) is 0 Å². The fourth-order valence-corrected chi connectivity index (χ4v) is 3.82. The number of rotatable bonds is 6. The summed E-state index contributed by atoms with van der Waals surface area (Å²) in [6.45, 7) is 0.463. The number of aliphatic carboxylic acids is 1. The van der Waals surface area contributed by atoms with E-state index >= 15 is 0 Å². The molecular formula is C11H12BrF2NO5S. The standard InChI is InChI=1S/C11H12BrF2NO5S/c1-11(18,4-9(16)17)5-15-21(19,20)10-7(12)2-6(13)3-8(10)14/h2-3,15,18H,4-5H2,1H3,(H,16,17). The Labute approximate surface area is 128 Å². The van der Waals surface area contributed by atoms with Crippen LogP contribution in [0.15, 0.2) is 21.5 Å². The van der Waals surface area contributed by atoms with Crippen LogP contribution in [0, 0.1) is 11.6 Å². The van der Waals surface area contributed by atoms with E-state index in [0.717, 1.165) is 13.0 Å². The highest BCUT2D eigenvalue weighted by atomic mass is 79.9. The maximum Gasteiger partial charge on any atom is 0.306 e. The van der Waals surface area contributed by atoms with Gasteiger partial charge in [-0.3, -0.25) is 4.79 Å². The van der Waals surface area contributed by atoms with Crippen LogP contribution < -0.4 is 4.72 Å². The van der Waals surface area contributed by atoms with Crippen molar-refractivity contribution < 1.29 is 32.2 Å². The van der Waals surface area contributed by atoms with E-state index in [1.54, 1.807) is 0 Å². The zero-order valence-corrected chi connectivity index (χ0v) is 13.1. The molecule has 0 fully saturated rings. The molecule has 0 saturated heterocycles. The third kappa shape index (κ3) is 4.99. The van der Waals surface area contributed by atoms with Gasteiger partial charge in [0.25, 0.3) is 0 Å². The highest BCUT2D eigenvalue weighted by molar-refractivity contribution is 9.10. The second-order valence-corrected chi connectivity index (χ2v) is 7.15. The molecule has 118 valence electrons. The molecule has 10 heteroatoms. The lowest BCUT2D eigenvalue weighted by molar-refractivity contribution is -0.141. The molecule has 1 rings (SSSR count). The summed E-state index contributed by atoms with van der Waals surface area (Å²) in [5, 5.41) is 18.3. The molecule has 1 unspecified atom stereocenters. The van der Waals surface area contributed by atoms with Crippen molar-refractivity contribution in [1.29, 1.82) is 0 Å². The Hall–Kier alpha value is -1.10. The summed E-state index contributed by atoms with van der Waals surface area (Å²) in [4.78, 5) is 9.68. The molecule has 6 nitrogen and oxygen atoms in total. The summed E-state index contributed by atoms with van der Waals surface area (Å²) >= 11 is 2.74. The van der Waals surface area contributed by atoms with Crippen molar-refractivity contribution in [2.75, 3.05) is 6.54 Å². The number of halogens is 3. The number of carbonyl (C=O) groups is 1. The summed E-state index contributed by atoms with van der Waals surface area (Å²) in [7, 11) is -4.40. The zero-order chi connectivity index (χ0) is 16.4. The summed E-state index contributed by atoms with van der Waals surface area (Å²) in [6.07, 6.45) is -0.706. The predicted octanol–water partition coefficient (Wildman–Crippen LogP) is 1.23. The Balaban J connectivity index is 3.01. The van der Waals surface area contributed by atoms with Gasteiger partial charge in [-0.2, -0.15) is 0 Å². The van der Waals surface area contributed by atoms with Crippen molar-refractivity contribution in [2.24, 2.45) is 0 Å². The minimum Gasteiger partial charge on any atom is -0.481 e. The lowest BCUT2D eigenvalue weighted by atomic mass is 10.0. The van der Waals surface area contributed by atoms with E-state index in [4.69, 9.17) is 5.11 Å². The van der Waals surface area contributed by atoms with Gasteiger partial charge in [-0.15, -0.1) is 0 Å². The predicted molar refractivity (Wildman–Crippen MR) is 72.1 cm³/mol. The van der Waals surface area contributed by atoms with Crippen LogP contribution in [0.2, 0.25) is 0 Å². The minimum absolute atomic E-state index is 0.328. The first-order valence-corrected chi connectivity index (χ1v) is 7.80. The van der Waals surface area contributed by atoms with Crippen molar-refractivity contribution >= 4 is 31.9 Å². The Morgan fingerprint density at radius 3 is 2.48 bits per heavy atom. The molecule has 0 heterocycles. The van der Waals surface area contributed by atoms with Crippen LogP contribution in [0.3, 0.4) is 0 Å². The Kier molecular flexibility index (Phi) is 5.42. The third-order valence-electron chi connectivity index (χ3n) is 2.41. The van der Waals surface area contributed by atoms with Gasteiger partial charge in [0.2, 0.25) is 10.0 Å². The Morgan fingerprint density at radius 2 is 2.00 bits per heavy atom. The second kappa shape index (κ2) is 6.34. The van der Waals surface area contributed by atoms with Crippen LogP contribution in [-0.2, 0) is 14.8 Å². The van der Waals surface area contributed by atoms with Crippen molar-refractivity contribution in [1.82, 2.24) is 4.72 Å². The molecule has 1 aromatic rings. The third-order valence-corrected chi connectivity index (χ3v) is 4.77. The van der Waals surface area contributed by atoms with E-state index in [1.165, 1.54) is 0 Å². The molecule has 1 aromatic carbocycles. The number of nitrogens with one attached hydrogen (secondary N) is 1. The minimum atomic E-state index is -4.40. The van der Waals surface area contributed by atoms with Crippen LogP contribution >= 0.6 is 15.9 Å². The molecule has 0 aliphatic heterocycles. The van der Waals surface area contributed by atoms with E-state index < -0.39 is 51.1 Å². The number of hydrogen-bond acceptors (Lipinski definition) is 4. The smallest absolute Gasteiger partial charge is 0.306 e. The molecule has 0 saturated carbocycles. The average Bonchev–Trinajstić information content (AvgIpc) is 2.23. The topological polar surface area (TPSA) is 104 Å². The number of carboxylic acid groups (broad SMARTS) is 1. The van der Waals surface area contributed by atoms with Crippen molar-refractivity contribution in [2.45, 2.75) is 23.8 Å². The molecule has 0 aromatic heterocycles. The summed E-state index contributed by atoms with van der Waals surface area (Å²) in [5.41, 5.74) is -1.86. The summed E-state index contributed by atoms with van der Waals surface area (Å²) in [5.74, 6) is -3.60. The molecular weight excluding hydrogens is 376 g/mol. The quantitative estimate of drug-likeness (QED) is 0.680. The number of benzene rings is 1. The van der Waals surface area contributed by atoms with Gasteiger partial charge in [-0.25, -0.2) is 21.9 Å². The molecule has 0 aliphatic carbocycles. The lowest BCUT2D eigenvalue weighted by Crippen LogP contribution is -2.42. The van der Waals surface area contributed by atoms with Gasteiger partial charge in [-0.05, 0) is 28.9 Å². The van der Waals surface area contributed by atoms with E-state index in [0.29, 0.717) is 6.07 Å². The number of hydrogen-bond donors (Lipinski definition) is 3. The molecule has 1 atom stereocenters. The number of sulfonamides is 1. The van der Waals surface area contributed by atoms with Gasteiger partial charge in [0.05, 0.1) is 12.0 Å². The molecule has 0 aliphatic rings. The molecule has 0 bridgehead atoms. The summed E-state index contributed by atoms with van der Waals surface area (Å²) < 4.78 is 52.0. The van der Waals surface area contributed by atoms with Crippen LogP contribution in [0.1, 0.15) is 13.3 Å². The maximum atomic E-state index is 13.6. The van der Waals surface area contributed by atoms with Crippen molar-refractivity contribution in [3.05, 3.63) is 28.2 Å². The molecule has 0 radical (unpaired) electrons. The van der Waals surface area contributed by atoms with Crippen LogP contribution in [0.25, 0.3) is 0 Å². The molecule has 0 spiro atoms. The van der Waals surface area contributed by atoms with Crippen LogP contribution in [0.5, 0.6) is 0 Å². The fraction of sp³-hybridized carbons (Fsp3) is 0.364. The SMILES string of the molecule is CC(O)(CNS(=O)(=O)c1c(F)cc(F)cc1Br)CC(=O)O. The van der Waals surface area contributed by atoms with E-state index in [1.807, 2.05) is 4.72 Å². The van der Waals surface area contributed by atoms with Gasteiger partial charge in [-0.1, -0.05) is 0 Å². The molecule has 3 N–H and O–H groups in total. The first-order valence-electron chi connectivity index (χ1n) is 5.53. The Morgan fingerprint density at radius 1 is 1.43 bits per heavy atom. The molecule has 0 amide bonds. The van der Waals surface area contributed by atoms with E-state index in [9.17, 15) is 27.1 Å². The highest BCUT2D eigenvalue weighted by Crippen LogP contribution is 2.26. The van der Waals surface area contributed by atoms with Crippen LogP contribution in [0.4, 0.5) is 8.78 Å². The largest absolute Gasteiger partial charge is 0.481 e. The van der Waals surface area contributed by atoms with Crippen molar-refractivity contribution in [3.8, 4) is 0 Å². The average molecular weight is 388 g/mol. The zero-order valence-electron chi connectivity index (χ0n) is 10.7. The first-order chi connectivity index (χ1) is 9.44. The van der Waals surface area contributed by atoms with Crippen LogP contribution in [-0.4, -0.2) is 36.7 Å². The lowest BCUT2D eigenvalue weighted by Gasteiger charge is -2.21. The Bertz CT molecular complexity index is 640. The maximum absolute atomic E-state index is 13.6. The van der Waals surface area contributed by atoms with Gasteiger partial charge in [0, 0.05) is 17.1 Å². The first kappa shape index (κ1) is 18.0. The monoisotopic (exact) mass is 387 g/mol. The normalized spacial score (nSPS) is 14.7. The number of carboxylic acids is 1. The van der Waals surface area contributed by atoms with Gasteiger partial charge < -0.3 is 10.2 Å². The van der Waals surface area contributed by atoms with Gasteiger partial charge >= 0.3 is 5.97 Å². The van der Waals surface area contributed by atoms with Gasteiger partial charge in [0.15, 0.2) is 0 Å².